The molecule has 1 heterocycles. The van der Waals surface area contributed by atoms with E-state index in [9.17, 15) is 14.7 Å². The third-order valence-electron chi connectivity index (χ3n) is 6.55. The number of carbonyl (C=O) groups excluding carboxylic acids is 2. The molecule has 3 rings (SSSR count). The summed E-state index contributed by atoms with van der Waals surface area (Å²) in [6.07, 6.45) is -0.0523. The number of likely N-dealkylation sites (N-methyl/N-ethyl adjacent to an activating group) is 1. The molecule has 1 aliphatic heterocycles. The lowest BCUT2D eigenvalue weighted by Crippen LogP contribution is -2.35. The molecule has 2 aromatic carbocycles. The molecule has 7 nitrogen and oxygen atoms in total. The van der Waals surface area contributed by atoms with Crippen LogP contribution >= 0.6 is 0 Å². The van der Waals surface area contributed by atoms with Crippen molar-refractivity contribution in [1.82, 2.24) is 9.80 Å². The van der Waals surface area contributed by atoms with Gasteiger partial charge in [0.15, 0.2) is 11.5 Å². The first-order valence-corrected chi connectivity index (χ1v) is 12.7. The van der Waals surface area contributed by atoms with E-state index in [2.05, 4.69) is 20.8 Å². The van der Waals surface area contributed by atoms with Crippen LogP contribution in [0.2, 0.25) is 0 Å². The number of benzene rings is 2. The molecule has 1 saturated heterocycles. The van der Waals surface area contributed by atoms with Crippen molar-refractivity contribution in [3.8, 4) is 11.5 Å². The summed E-state index contributed by atoms with van der Waals surface area (Å²) in [6, 6.07) is 10.5. The van der Waals surface area contributed by atoms with E-state index in [1.54, 1.807) is 19.2 Å². The Morgan fingerprint density at radius 3 is 2.32 bits per heavy atom. The summed E-state index contributed by atoms with van der Waals surface area (Å²) in [5.74, 6) is -0.418. The second-order valence-corrected chi connectivity index (χ2v) is 11.2. The number of methoxy groups -OCH3 is 1. The lowest BCUT2D eigenvalue weighted by molar-refractivity contribution is -0.140. The number of likely N-dealkylation sites (tertiary alicyclic amines) is 1. The quantitative estimate of drug-likeness (QED) is 0.305. The van der Waals surface area contributed by atoms with Gasteiger partial charge in [-0.1, -0.05) is 39.0 Å². The maximum atomic E-state index is 13.4. The van der Waals surface area contributed by atoms with Gasteiger partial charge in [0.05, 0.1) is 24.8 Å². The average molecular weight is 509 g/mol. The van der Waals surface area contributed by atoms with E-state index >= 15 is 0 Å². The zero-order valence-electron chi connectivity index (χ0n) is 23.5. The molecule has 0 radical (unpaired) electrons. The molecule has 200 valence electrons. The normalized spacial score (nSPS) is 17.7. The molecule has 0 aliphatic carbocycles. The molecule has 1 amide bonds. The van der Waals surface area contributed by atoms with Gasteiger partial charge in [-0.15, -0.1) is 0 Å². The van der Waals surface area contributed by atoms with Crippen molar-refractivity contribution in [1.29, 1.82) is 0 Å². The van der Waals surface area contributed by atoms with Crippen molar-refractivity contribution in [3.63, 3.8) is 0 Å². The van der Waals surface area contributed by atoms with E-state index in [0.717, 1.165) is 11.1 Å². The molecule has 2 aromatic rings. The number of aliphatic hydroxyl groups is 1. The molecular formula is C30H40N2O5. The fourth-order valence-corrected chi connectivity index (χ4v) is 4.46. The minimum Gasteiger partial charge on any atom is -0.507 e. The first-order chi connectivity index (χ1) is 17.3. The van der Waals surface area contributed by atoms with Crippen LogP contribution in [0, 0.1) is 6.92 Å². The van der Waals surface area contributed by atoms with Crippen molar-refractivity contribution in [3.05, 3.63) is 64.2 Å². The van der Waals surface area contributed by atoms with Gasteiger partial charge in [-0.2, -0.15) is 0 Å². The van der Waals surface area contributed by atoms with E-state index < -0.39 is 17.7 Å². The number of amides is 1. The van der Waals surface area contributed by atoms with E-state index in [0.29, 0.717) is 35.7 Å². The largest absolute Gasteiger partial charge is 0.507 e. The second kappa shape index (κ2) is 11.0. The van der Waals surface area contributed by atoms with Gasteiger partial charge < -0.3 is 24.4 Å². The molecule has 37 heavy (non-hydrogen) atoms. The predicted molar refractivity (Wildman–Crippen MR) is 146 cm³/mol. The minimum absolute atomic E-state index is 0.0523. The summed E-state index contributed by atoms with van der Waals surface area (Å²) in [4.78, 5) is 30.2. The maximum absolute atomic E-state index is 13.4. The summed E-state index contributed by atoms with van der Waals surface area (Å²) in [7, 11) is 5.37. The van der Waals surface area contributed by atoms with Crippen LogP contribution in [0.1, 0.15) is 62.9 Å². The maximum Gasteiger partial charge on any atom is 0.295 e. The fourth-order valence-electron chi connectivity index (χ4n) is 4.46. The first-order valence-electron chi connectivity index (χ1n) is 12.7. The SMILES string of the molecule is COc1cc(C2/C(=C(\O)c3cc(C(C)(C)C)ccc3C)C(=O)C(=O)N2CCN(C)C)ccc1OC(C)C. The van der Waals surface area contributed by atoms with Crippen molar-refractivity contribution in [2.24, 2.45) is 0 Å². The second-order valence-electron chi connectivity index (χ2n) is 11.2. The van der Waals surface area contributed by atoms with Crippen molar-refractivity contribution >= 4 is 17.4 Å². The predicted octanol–water partition coefficient (Wildman–Crippen LogP) is 5.07. The highest BCUT2D eigenvalue weighted by Crippen LogP contribution is 2.42. The van der Waals surface area contributed by atoms with Crippen LogP contribution in [0.25, 0.3) is 5.76 Å². The summed E-state index contributed by atoms with van der Waals surface area (Å²) >= 11 is 0. The molecule has 1 unspecified atom stereocenters. The number of Topliss-reactive ketones (excluding diaryl/α,β-unsaturated/α-hetero) is 1. The molecule has 0 bridgehead atoms. The van der Waals surface area contributed by atoms with Crippen LogP contribution in [0.3, 0.4) is 0 Å². The molecule has 0 saturated carbocycles. The number of ketones is 1. The number of aryl methyl sites for hydroxylation is 1. The lowest BCUT2D eigenvalue weighted by Gasteiger charge is -2.27. The highest BCUT2D eigenvalue weighted by Gasteiger charge is 2.46. The molecule has 7 heteroatoms. The van der Waals surface area contributed by atoms with Gasteiger partial charge in [0.25, 0.3) is 11.7 Å². The van der Waals surface area contributed by atoms with Gasteiger partial charge in [0.2, 0.25) is 0 Å². The standard InChI is InChI=1S/C30H40N2O5/c1-18(2)37-23-13-11-20(16-24(23)36-9)26-25(28(34)29(35)32(26)15-14-31(7)8)27(33)22-17-21(30(4,5)6)12-10-19(22)3/h10-13,16-18,26,33H,14-15H2,1-9H3/b27-25+. The summed E-state index contributed by atoms with van der Waals surface area (Å²) in [5.41, 5.74) is 2.99. The highest BCUT2D eigenvalue weighted by atomic mass is 16.5. The Hall–Kier alpha value is -3.32. The molecule has 1 atom stereocenters. The average Bonchev–Trinajstić information content (AvgIpc) is 3.06. The van der Waals surface area contributed by atoms with E-state index in [-0.39, 0.29) is 22.9 Å². The third kappa shape index (κ3) is 5.99. The van der Waals surface area contributed by atoms with Crippen LogP contribution < -0.4 is 9.47 Å². The van der Waals surface area contributed by atoms with Crippen molar-refractivity contribution < 1.29 is 24.2 Å². The third-order valence-corrected chi connectivity index (χ3v) is 6.55. The Kier molecular flexibility index (Phi) is 8.38. The highest BCUT2D eigenvalue weighted by molar-refractivity contribution is 6.46. The van der Waals surface area contributed by atoms with Gasteiger partial charge in [0.1, 0.15) is 5.76 Å². The first kappa shape index (κ1) is 28.3. The van der Waals surface area contributed by atoms with Crippen LogP contribution in [0.5, 0.6) is 11.5 Å². The number of ether oxygens (including phenoxy) is 2. The lowest BCUT2D eigenvalue weighted by atomic mass is 9.84. The Bertz CT molecular complexity index is 1210. The molecule has 0 aromatic heterocycles. The number of hydrogen-bond donors (Lipinski definition) is 1. The molecule has 1 aliphatic rings. The molecular weight excluding hydrogens is 468 g/mol. The van der Waals surface area contributed by atoms with Gasteiger partial charge in [-0.25, -0.2) is 0 Å². The van der Waals surface area contributed by atoms with Gasteiger partial charge in [0, 0.05) is 18.7 Å². The zero-order valence-corrected chi connectivity index (χ0v) is 23.5. The Morgan fingerprint density at radius 1 is 1.08 bits per heavy atom. The number of nitrogens with zero attached hydrogens (tertiary/aromatic N) is 2. The number of aliphatic hydroxyl groups excluding tert-OH is 1. The molecule has 1 fully saturated rings. The van der Waals surface area contributed by atoms with E-state index in [1.165, 1.54) is 4.90 Å². The smallest absolute Gasteiger partial charge is 0.295 e. The van der Waals surface area contributed by atoms with Crippen molar-refractivity contribution in [2.45, 2.75) is 59.1 Å². The number of hydrogen-bond acceptors (Lipinski definition) is 6. The van der Waals surface area contributed by atoms with Gasteiger partial charge in [-0.05, 0) is 75.2 Å². The Labute approximate surface area is 220 Å². The summed E-state index contributed by atoms with van der Waals surface area (Å²) in [6.45, 7) is 12.9. The zero-order chi connectivity index (χ0) is 27.7. The molecule has 0 spiro atoms. The van der Waals surface area contributed by atoms with E-state index in [4.69, 9.17) is 9.47 Å². The number of carbonyl (C=O) groups is 2. The van der Waals surface area contributed by atoms with E-state index in [1.807, 2.05) is 64.0 Å². The van der Waals surface area contributed by atoms with Crippen LogP contribution in [-0.4, -0.2) is 67.0 Å². The van der Waals surface area contributed by atoms with Gasteiger partial charge >= 0.3 is 0 Å². The summed E-state index contributed by atoms with van der Waals surface area (Å²) in [5, 5.41) is 11.6. The van der Waals surface area contributed by atoms with Crippen LogP contribution in [-0.2, 0) is 15.0 Å². The topological polar surface area (TPSA) is 79.3 Å². The Balaban J connectivity index is 2.24. The molecule has 1 N–H and O–H groups in total. The van der Waals surface area contributed by atoms with Crippen LogP contribution in [0.15, 0.2) is 42.0 Å². The van der Waals surface area contributed by atoms with Gasteiger partial charge in [-0.3, -0.25) is 9.59 Å². The minimum atomic E-state index is -0.764. The number of rotatable bonds is 8. The van der Waals surface area contributed by atoms with Crippen molar-refractivity contribution in [2.75, 3.05) is 34.3 Å². The summed E-state index contributed by atoms with van der Waals surface area (Å²) < 4.78 is 11.5. The Morgan fingerprint density at radius 2 is 1.76 bits per heavy atom. The monoisotopic (exact) mass is 508 g/mol. The van der Waals surface area contributed by atoms with Crippen LogP contribution in [0.4, 0.5) is 0 Å². The fraction of sp³-hybridized carbons (Fsp3) is 0.467.